The fourth-order valence-corrected chi connectivity index (χ4v) is 2.29. The van der Waals surface area contributed by atoms with Crippen LogP contribution in [0.4, 0.5) is 4.39 Å². The first-order valence-electron chi connectivity index (χ1n) is 5.23. The minimum absolute atomic E-state index is 0.352. The van der Waals surface area contributed by atoms with E-state index < -0.39 is 0 Å². The average molecular weight is 269 g/mol. The van der Waals surface area contributed by atoms with Crippen molar-refractivity contribution < 1.29 is 4.39 Å². The molecule has 0 aliphatic carbocycles. The maximum absolute atomic E-state index is 12.9. The van der Waals surface area contributed by atoms with Crippen LogP contribution in [0.25, 0.3) is 0 Å². The van der Waals surface area contributed by atoms with Crippen LogP contribution in [0.2, 0.25) is 5.02 Å². The Hall–Kier alpha value is -1.05. The van der Waals surface area contributed by atoms with Crippen LogP contribution < -0.4 is 0 Å². The molecule has 0 bridgehead atoms. The molecule has 17 heavy (non-hydrogen) atoms. The third kappa shape index (κ3) is 2.80. The minimum Gasteiger partial charge on any atom is -0.207 e. The number of alkyl halides is 1. The maximum Gasteiger partial charge on any atom is 0.124 e. The van der Waals surface area contributed by atoms with Crippen molar-refractivity contribution in [3.63, 3.8) is 0 Å². The summed E-state index contributed by atoms with van der Waals surface area (Å²) < 4.78 is 12.9. The van der Waals surface area contributed by atoms with E-state index in [1.165, 1.54) is 17.7 Å². The van der Waals surface area contributed by atoms with Gasteiger partial charge in [0.1, 0.15) is 5.82 Å². The number of hydrogen-bond donors (Lipinski definition) is 0. The quantitative estimate of drug-likeness (QED) is 0.664. The summed E-state index contributed by atoms with van der Waals surface area (Å²) in [5.41, 5.74) is 2.84. The topological polar surface area (TPSA) is 0 Å². The number of aryl methyl sites for hydroxylation is 1. The second-order valence-corrected chi connectivity index (χ2v) is 4.78. The third-order valence-electron chi connectivity index (χ3n) is 2.61. The SMILES string of the molecule is Cc1ccc(C(Cl)c2ccc(F)cc2Cl)cc1. The third-order valence-corrected chi connectivity index (χ3v) is 3.42. The molecule has 0 aliphatic heterocycles. The van der Waals surface area contributed by atoms with Gasteiger partial charge in [-0.3, -0.25) is 0 Å². The van der Waals surface area contributed by atoms with Gasteiger partial charge in [-0.15, -0.1) is 11.6 Å². The van der Waals surface area contributed by atoms with E-state index in [9.17, 15) is 4.39 Å². The zero-order chi connectivity index (χ0) is 12.4. The first kappa shape index (κ1) is 12.4. The number of rotatable bonds is 2. The fourth-order valence-electron chi connectivity index (χ4n) is 1.62. The van der Waals surface area contributed by atoms with Crippen LogP contribution in [0.15, 0.2) is 42.5 Å². The Labute approximate surface area is 110 Å². The highest BCUT2D eigenvalue weighted by Crippen LogP contribution is 2.33. The van der Waals surface area contributed by atoms with Crippen molar-refractivity contribution >= 4 is 23.2 Å². The average Bonchev–Trinajstić information content (AvgIpc) is 2.29. The van der Waals surface area contributed by atoms with E-state index in [1.807, 2.05) is 31.2 Å². The second kappa shape index (κ2) is 5.07. The van der Waals surface area contributed by atoms with E-state index >= 15 is 0 Å². The van der Waals surface area contributed by atoms with Gasteiger partial charge in [-0.05, 0) is 30.2 Å². The lowest BCUT2D eigenvalue weighted by Gasteiger charge is -2.12. The molecule has 3 heteroatoms. The summed E-state index contributed by atoms with van der Waals surface area (Å²) in [5, 5.41) is -0.00530. The summed E-state index contributed by atoms with van der Waals surface area (Å²) in [6.45, 7) is 2.01. The molecule has 0 amide bonds. The molecule has 0 aliphatic rings. The lowest BCUT2D eigenvalue weighted by atomic mass is 10.0. The van der Waals surface area contributed by atoms with Crippen molar-refractivity contribution in [2.45, 2.75) is 12.3 Å². The van der Waals surface area contributed by atoms with Crippen molar-refractivity contribution in [2.75, 3.05) is 0 Å². The van der Waals surface area contributed by atoms with Gasteiger partial charge in [-0.25, -0.2) is 4.39 Å². The van der Waals surface area contributed by atoms with E-state index in [0.717, 1.165) is 11.1 Å². The van der Waals surface area contributed by atoms with E-state index in [2.05, 4.69) is 0 Å². The summed E-state index contributed by atoms with van der Waals surface area (Å²) in [5.74, 6) is -0.355. The van der Waals surface area contributed by atoms with Gasteiger partial charge < -0.3 is 0 Å². The summed E-state index contributed by atoms with van der Waals surface area (Å²) in [6.07, 6.45) is 0. The van der Waals surface area contributed by atoms with Gasteiger partial charge in [0.25, 0.3) is 0 Å². The zero-order valence-corrected chi connectivity index (χ0v) is 10.8. The first-order chi connectivity index (χ1) is 8.08. The van der Waals surface area contributed by atoms with Gasteiger partial charge in [0.05, 0.1) is 5.38 Å². The molecule has 0 N–H and O–H groups in total. The van der Waals surface area contributed by atoms with Crippen molar-refractivity contribution in [3.8, 4) is 0 Å². The molecule has 0 fully saturated rings. The Morgan fingerprint density at radius 3 is 2.29 bits per heavy atom. The van der Waals surface area contributed by atoms with Crippen LogP contribution in [0.3, 0.4) is 0 Å². The Bertz CT molecular complexity index is 520. The molecule has 2 rings (SSSR count). The highest BCUT2D eigenvalue weighted by molar-refractivity contribution is 6.33. The largest absolute Gasteiger partial charge is 0.207 e. The molecule has 88 valence electrons. The van der Waals surface area contributed by atoms with Crippen LogP contribution >= 0.6 is 23.2 Å². The lowest BCUT2D eigenvalue weighted by Crippen LogP contribution is -1.95. The predicted molar refractivity (Wildman–Crippen MR) is 70.3 cm³/mol. The van der Waals surface area contributed by atoms with E-state index in [0.29, 0.717) is 5.02 Å². The molecule has 2 aromatic carbocycles. The van der Waals surface area contributed by atoms with Crippen LogP contribution in [0, 0.1) is 12.7 Å². The fraction of sp³-hybridized carbons (Fsp3) is 0.143. The van der Waals surface area contributed by atoms with Crippen molar-refractivity contribution in [2.24, 2.45) is 0 Å². The van der Waals surface area contributed by atoms with Crippen LogP contribution in [0.5, 0.6) is 0 Å². The molecular formula is C14H11Cl2F. The van der Waals surface area contributed by atoms with Gasteiger partial charge >= 0.3 is 0 Å². The maximum atomic E-state index is 12.9. The highest BCUT2D eigenvalue weighted by Gasteiger charge is 2.14. The van der Waals surface area contributed by atoms with Crippen LogP contribution in [0.1, 0.15) is 22.1 Å². The molecule has 1 atom stereocenters. The van der Waals surface area contributed by atoms with Gasteiger partial charge in [0, 0.05) is 5.02 Å². The number of benzene rings is 2. The molecule has 0 heterocycles. The Morgan fingerprint density at radius 1 is 1.06 bits per heavy atom. The van der Waals surface area contributed by atoms with Crippen LogP contribution in [-0.2, 0) is 0 Å². The molecule has 1 unspecified atom stereocenters. The molecule has 0 aromatic heterocycles. The molecule has 0 radical (unpaired) electrons. The zero-order valence-electron chi connectivity index (χ0n) is 9.25. The molecule has 0 nitrogen and oxygen atoms in total. The highest BCUT2D eigenvalue weighted by atomic mass is 35.5. The first-order valence-corrected chi connectivity index (χ1v) is 6.05. The smallest absolute Gasteiger partial charge is 0.124 e. The Morgan fingerprint density at radius 2 is 1.71 bits per heavy atom. The molecule has 0 saturated heterocycles. The normalized spacial score (nSPS) is 12.5. The lowest BCUT2D eigenvalue weighted by molar-refractivity contribution is 0.627. The van der Waals surface area contributed by atoms with Crippen molar-refractivity contribution in [1.82, 2.24) is 0 Å². The van der Waals surface area contributed by atoms with E-state index in [-0.39, 0.29) is 11.2 Å². The Kier molecular flexibility index (Phi) is 3.70. The van der Waals surface area contributed by atoms with E-state index in [1.54, 1.807) is 6.07 Å². The van der Waals surface area contributed by atoms with Gasteiger partial charge in [-0.2, -0.15) is 0 Å². The second-order valence-electron chi connectivity index (χ2n) is 3.94. The Balaban J connectivity index is 2.36. The van der Waals surface area contributed by atoms with Crippen molar-refractivity contribution in [1.29, 1.82) is 0 Å². The predicted octanol–water partition coefficient (Wildman–Crippen LogP) is 5.12. The van der Waals surface area contributed by atoms with E-state index in [4.69, 9.17) is 23.2 Å². The van der Waals surface area contributed by atoms with Crippen molar-refractivity contribution in [3.05, 3.63) is 70.0 Å². The summed E-state index contributed by atoms with van der Waals surface area (Å²) >= 11 is 12.3. The summed E-state index contributed by atoms with van der Waals surface area (Å²) in [7, 11) is 0. The minimum atomic E-state index is -0.358. The van der Waals surface area contributed by atoms with Crippen LogP contribution in [-0.4, -0.2) is 0 Å². The summed E-state index contributed by atoms with van der Waals surface area (Å²) in [4.78, 5) is 0. The molecule has 0 spiro atoms. The number of hydrogen-bond acceptors (Lipinski definition) is 0. The van der Waals surface area contributed by atoms with Gasteiger partial charge in [0.15, 0.2) is 0 Å². The molecule has 0 saturated carbocycles. The summed E-state index contributed by atoms with van der Waals surface area (Å²) in [6, 6.07) is 12.1. The number of halogens is 3. The standard InChI is InChI=1S/C14H11Cl2F/c1-9-2-4-10(5-3-9)14(16)12-7-6-11(17)8-13(12)15/h2-8,14H,1H3. The monoisotopic (exact) mass is 268 g/mol. The molecule has 2 aromatic rings. The van der Waals surface area contributed by atoms with Gasteiger partial charge in [-0.1, -0.05) is 47.5 Å². The van der Waals surface area contributed by atoms with Gasteiger partial charge in [0.2, 0.25) is 0 Å². The molecular weight excluding hydrogens is 258 g/mol.